The van der Waals surface area contributed by atoms with Gasteiger partial charge in [-0.05, 0) is 31.0 Å². The Labute approximate surface area is 71.6 Å². The maximum atomic E-state index is 12.5. The first-order valence-corrected chi connectivity index (χ1v) is 3.93. The summed E-state index contributed by atoms with van der Waals surface area (Å²) >= 11 is 0. The van der Waals surface area contributed by atoms with Crippen LogP contribution in [0.3, 0.4) is 0 Å². The van der Waals surface area contributed by atoms with Crippen LogP contribution in [0.4, 0.5) is 4.39 Å². The summed E-state index contributed by atoms with van der Waals surface area (Å²) in [6, 6.07) is 6.67. The molecule has 2 nitrogen and oxygen atoms in total. The number of hydrogen-bond acceptors (Lipinski definition) is 2. The van der Waals surface area contributed by atoms with Crippen molar-refractivity contribution in [3.8, 4) is 0 Å². The van der Waals surface area contributed by atoms with Crippen molar-refractivity contribution < 1.29 is 4.39 Å². The molecule has 12 heavy (non-hydrogen) atoms. The van der Waals surface area contributed by atoms with Crippen molar-refractivity contribution in [2.24, 2.45) is 5.84 Å². The Hall–Kier alpha value is -0.930. The molecular formula is C9H13FN2. The number of nitrogens with one attached hydrogen (secondary N) is 1. The predicted molar refractivity (Wildman–Crippen MR) is 46.9 cm³/mol. The molecule has 0 amide bonds. The fraction of sp³-hybridized carbons (Fsp3) is 0.333. The Morgan fingerprint density at radius 2 is 2.00 bits per heavy atom. The van der Waals surface area contributed by atoms with Gasteiger partial charge in [0.25, 0.3) is 0 Å². The van der Waals surface area contributed by atoms with Crippen LogP contribution in [-0.2, 0) is 6.42 Å². The van der Waals surface area contributed by atoms with E-state index in [9.17, 15) is 4.39 Å². The normalized spacial score (nSPS) is 12.9. The minimum Gasteiger partial charge on any atom is -0.271 e. The Balaban J connectivity index is 2.58. The van der Waals surface area contributed by atoms with Crippen molar-refractivity contribution in [1.82, 2.24) is 5.43 Å². The zero-order valence-corrected chi connectivity index (χ0v) is 7.05. The number of hydrogen-bond donors (Lipinski definition) is 2. The summed E-state index contributed by atoms with van der Waals surface area (Å²) < 4.78 is 12.5. The van der Waals surface area contributed by atoms with Gasteiger partial charge in [0, 0.05) is 6.04 Å². The molecule has 1 atom stereocenters. The van der Waals surface area contributed by atoms with Crippen molar-refractivity contribution in [3.63, 3.8) is 0 Å². The van der Waals surface area contributed by atoms with Gasteiger partial charge in [0.1, 0.15) is 5.82 Å². The molecule has 0 fully saturated rings. The molecule has 0 radical (unpaired) electrons. The molecule has 0 aliphatic heterocycles. The highest BCUT2D eigenvalue weighted by Crippen LogP contribution is 2.04. The van der Waals surface area contributed by atoms with Gasteiger partial charge in [-0.1, -0.05) is 12.1 Å². The second-order valence-corrected chi connectivity index (χ2v) is 2.90. The minimum absolute atomic E-state index is 0.202. The van der Waals surface area contributed by atoms with Gasteiger partial charge in [0.15, 0.2) is 0 Å². The topological polar surface area (TPSA) is 38.0 Å². The molecule has 1 aromatic rings. The lowest BCUT2D eigenvalue weighted by molar-refractivity contribution is 0.566. The summed E-state index contributed by atoms with van der Waals surface area (Å²) in [6.07, 6.45) is 0.816. The first-order chi connectivity index (χ1) is 5.72. The third kappa shape index (κ3) is 2.60. The number of halogens is 1. The fourth-order valence-electron chi connectivity index (χ4n) is 1.03. The molecule has 1 rings (SSSR count). The lowest BCUT2D eigenvalue weighted by Crippen LogP contribution is -2.34. The summed E-state index contributed by atoms with van der Waals surface area (Å²) in [5.74, 6) is 5.02. The van der Waals surface area contributed by atoms with Gasteiger partial charge in [-0.15, -0.1) is 0 Å². The molecule has 1 aromatic carbocycles. The summed E-state index contributed by atoms with van der Waals surface area (Å²) in [6.45, 7) is 1.98. The van der Waals surface area contributed by atoms with Gasteiger partial charge in [-0.3, -0.25) is 11.3 Å². The van der Waals surface area contributed by atoms with Crippen molar-refractivity contribution in [2.75, 3.05) is 0 Å². The smallest absolute Gasteiger partial charge is 0.123 e. The predicted octanol–water partition coefficient (Wildman–Crippen LogP) is 1.22. The number of rotatable bonds is 3. The average Bonchev–Trinajstić information content (AvgIpc) is 2.09. The molecule has 0 heterocycles. The highest BCUT2D eigenvalue weighted by molar-refractivity contribution is 5.16. The van der Waals surface area contributed by atoms with Crippen LogP contribution < -0.4 is 11.3 Å². The molecule has 0 aliphatic carbocycles. The van der Waals surface area contributed by atoms with Crippen molar-refractivity contribution in [1.29, 1.82) is 0 Å². The van der Waals surface area contributed by atoms with E-state index in [1.54, 1.807) is 12.1 Å². The standard InChI is InChI=1S/C9H13FN2/c1-7(12-11)6-8-2-4-9(10)5-3-8/h2-5,7,12H,6,11H2,1H3/t7-/m1/s1. The van der Waals surface area contributed by atoms with E-state index in [0.29, 0.717) is 0 Å². The SMILES string of the molecule is C[C@H](Cc1ccc(F)cc1)NN. The summed E-state index contributed by atoms with van der Waals surface area (Å²) in [4.78, 5) is 0. The molecule has 66 valence electrons. The van der Waals surface area contributed by atoms with E-state index in [0.717, 1.165) is 12.0 Å². The number of nitrogens with two attached hydrogens (primary N) is 1. The van der Waals surface area contributed by atoms with E-state index < -0.39 is 0 Å². The van der Waals surface area contributed by atoms with E-state index in [2.05, 4.69) is 5.43 Å². The van der Waals surface area contributed by atoms with Crippen molar-refractivity contribution in [2.45, 2.75) is 19.4 Å². The molecule has 3 heteroatoms. The Morgan fingerprint density at radius 3 is 2.50 bits per heavy atom. The van der Waals surface area contributed by atoms with E-state index in [1.165, 1.54) is 12.1 Å². The summed E-state index contributed by atoms with van der Waals surface area (Å²) in [7, 11) is 0. The second kappa shape index (κ2) is 4.18. The monoisotopic (exact) mass is 168 g/mol. The Morgan fingerprint density at radius 1 is 1.42 bits per heavy atom. The van der Waals surface area contributed by atoms with Gasteiger partial charge in [-0.25, -0.2) is 4.39 Å². The van der Waals surface area contributed by atoms with Gasteiger partial charge < -0.3 is 0 Å². The minimum atomic E-state index is -0.202. The molecule has 0 aliphatic rings. The summed E-state index contributed by atoms with van der Waals surface area (Å²) in [5.41, 5.74) is 3.72. The largest absolute Gasteiger partial charge is 0.271 e. The lowest BCUT2D eigenvalue weighted by Gasteiger charge is -2.08. The zero-order valence-electron chi connectivity index (χ0n) is 7.05. The molecule has 3 N–H and O–H groups in total. The lowest BCUT2D eigenvalue weighted by atomic mass is 10.1. The molecule has 0 saturated heterocycles. The number of benzene rings is 1. The van der Waals surface area contributed by atoms with Crippen LogP contribution in [0.2, 0.25) is 0 Å². The Bertz CT molecular complexity index is 233. The average molecular weight is 168 g/mol. The maximum absolute atomic E-state index is 12.5. The van der Waals surface area contributed by atoms with E-state index in [1.807, 2.05) is 6.92 Å². The van der Waals surface area contributed by atoms with Gasteiger partial charge >= 0.3 is 0 Å². The quantitative estimate of drug-likeness (QED) is 0.526. The molecule has 0 unspecified atom stereocenters. The van der Waals surface area contributed by atoms with E-state index in [4.69, 9.17) is 5.84 Å². The van der Waals surface area contributed by atoms with Crippen LogP contribution >= 0.6 is 0 Å². The van der Waals surface area contributed by atoms with E-state index >= 15 is 0 Å². The molecular weight excluding hydrogens is 155 g/mol. The molecule has 0 spiro atoms. The van der Waals surface area contributed by atoms with Crippen LogP contribution in [0.15, 0.2) is 24.3 Å². The first-order valence-electron chi connectivity index (χ1n) is 3.93. The third-order valence-corrected chi connectivity index (χ3v) is 1.74. The highest BCUT2D eigenvalue weighted by atomic mass is 19.1. The van der Waals surface area contributed by atoms with Crippen LogP contribution in [-0.4, -0.2) is 6.04 Å². The van der Waals surface area contributed by atoms with Gasteiger partial charge in [-0.2, -0.15) is 0 Å². The Kier molecular flexibility index (Phi) is 3.19. The zero-order chi connectivity index (χ0) is 8.97. The summed E-state index contributed by atoms with van der Waals surface area (Å²) in [5, 5.41) is 0. The number of hydrazine groups is 1. The molecule has 0 saturated carbocycles. The second-order valence-electron chi connectivity index (χ2n) is 2.90. The van der Waals surface area contributed by atoms with Crippen molar-refractivity contribution >= 4 is 0 Å². The van der Waals surface area contributed by atoms with E-state index in [-0.39, 0.29) is 11.9 Å². The highest BCUT2D eigenvalue weighted by Gasteiger charge is 1.99. The van der Waals surface area contributed by atoms with Crippen LogP contribution in [0.1, 0.15) is 12.5 Å². The van der Waals surface area contributed by atoms with Crippen LogP contribution in [0, 0.1) is 5.82 Å². The van der Waals surface area contributed by atoms with Gasteiger partial charge in [0.2, 0.25) is 0 Å². The van der Waals surface area contributed by atoms with Crippen LogP contribution in [0.25, 0.3) is 0 Å². The van der Waals surface area contributed by atoms with Gasteiger partial charge in [0.05, 0.1) is 0 Å². The van der Waals surface area contributed by atoms with Crippen LogP contribution in [0.5, 0.6) is 0 Å². The molecule has 0 bridgehead atoms. The first kappa shape index (κ1) is 9.16. The fourth-order valence-corrected chi connectivity index (χ4v) is 1.03. The van der Waals surface area contributed by atoms with Crippen molar-refractivity contribution in [3.05, 3.63) is 35.6 Å². The maximum Gasteiger partial charge on any atom is 0.123 e. The third-order valence-electron chi connectivity index (χ3n) is 1.74. The molecule has 0 aromatic heterocycles.